The summed E-state index contributed by atoms with van der Waals surface area (Å²) in [5.41, 5.74) is 5.80. The number of rotatable bonds is 12. The Balaban J connectivity index is 1.22. The van der Waals surface area contributed by atoms with E-state index in [0.717, 1.165) is 11.3 Å². The highest BCUT2D eigenvalue weighted by molar-refractivity contribution is 9.10. The smallest absolute Gasteiger partial charge is 0.329 e. The number of nitrogens with two attached hydrogens (primary N) is 1. The molecule has 0 spiro atoms. The molecular weight excluding hydrogens is 570 g/mol. The maximum absolute atomic E-state index is 12.6. The number of esters is 1. The van der Waals surface area contributed by atoms with E-state index in [0.29, 0.717) is 61.6 Å². The molecule has 13 heteroatoms. The van der Waals surface area contributed by atoms with E-state index < -0.39 is 23.3 Å². The average Bonchev–Trinajstić information content (AvgIpc) is 3.49. The fourth-order valence-electron chi connectivity index (χ4n) is 4.28. The molecule has 2 aromatic rings. The lowest BCUT2D eigenvalue weighted by molar-refractivity contribution is -0.157. The van der Waals surface area contributed by atoms with Crippen LogP contribution in [0, 0.1) is 5.41 Å². The monoisotopic (exact) mass is 601 g/mol. The SMILES string of the molecule is CC(C)(C(N)=O)C(=O)NCCCNc1nc(Nc2ccc(CCC(=O)N3C[C@H]4C[C@@H]3C(=O)O4)cc2)ncc1Br. The summed E-state index contributed by atoms with van der Waals surface area (Å²) in [4.78, 5) is 58.2. The molecule has 1 aromatic heterocycles. The first kappa shape index (κ1) is 28.3. The molecule has 208 valence electrons. The van der Waals surface area contributed by atoms with Crippen molar-refractivity contribution >= 4 is 57.1 Å². The zero-order valence-corrected chi connectivity index (χ0v) is 23.4. The molecule has 0 radical (unpaired) electrons. The Labute approximate surface area is 234 Å². The van der Waals surface area contributed by atoms with Crippen LogP contribution in [0.4, 0.5) is 17.5 Å². The first-order valence-corrected chi connectivity index (χ1v) is 13.5. The van der Waals surface area contributed by atoms with Crippen LogP contribution in [0.2, 0.25) is 0 Å². The molecule has 0 saturated carbocycles. The number of hydrogen-bond donors (Lipinski definition) is 4. The van der Waals surface area contributed by atoms with Gasteiger partial charge in [0.2, 0.25) is 23.7 Å². The van der Waals surface area contributed by atoms with Crippen LogP contribution in [0.25, 0.3) is 0 Å². The van der Waals surface area contributed by atoms with E-state index in [2.05, 4.69) is 41.8 Å². The van der Waals surface area contributed by atoms with Crippen LogP contribution in [0.15, 0.2) is 34.9 Å². The minimum atomic E-state index is -1.26. The number of carbonyl (C=O) groups is 4. The number of halogens is 1. The summed E-state index contributed by atoms with van der Waals surface area (Å²) in [7, 11) is 0. The molecule has 2 fully saturated rings. The lowest BCUT2D eigenvalue weighted by Gasteiger charge is -2.25. The molecule has 2 aliphatic heterocycles. The number of carbonyl (C=O) groups excluding carboxylic acids is 4. The molecule has 0 unspecified atom stereocenters. The number of anilines is 3. The van der Waals surface area contributed by atoms with Crippen LogP contribution >= 0.6 is 15.9 Å². The minimum Gasteiger partial charge on any atom is -0.459 e. The van der Waals surface area contributed by atoms with E-state index in [1.54, 1.807) is 11.1 Å². The van der Waals surface area contributed by atoms with Crippen molar-refractivity contribution in [3.05, 3.63) is 40.5 Å². The molecular formula is C26H32BrN7O5. The largest absolute Gasteiger partial charge is 0.459 e. The number of primary amides is 1. The number of likely N-dealkylation sites (tertiary alicyclic amines) is 1. The summed E-state index contributed by atoms with van der Waals surface area (Å²) in [6.45, 7) is 4.37. The minimum absolute atomic E-state index is 0.0264. The van der Waals surface area contributed by atoms with Gasteiger partial charge in [-0.2, -0.15) is 4.98 Å². The molecule has 39 heavy (non-hydrogen) atoms. The first-order valence-electron chi connectivity index (χ1n) is 12.7. The molecule has 3 heterocycles. The summed E-state index contributed by atoms with van der Waals surface area (Å²) >= 11 is 3.43. The fourth-order valence-corrected chi connectivity index (χ4v) is 4.62. The lowest BCUT2D eigenvalue weighted by atomic mass is 9.91. The standard InChI is InChI=1S/C26H32BrN7O5/c1-26(2,23(28)37)24(38)30-11-3-10-29-21-18(27)13-31-25(33-21)32-16-7-4-15(5-8-16)6-9-20(35)34-14-17-12-19(34)22(36)39-17/h4-5,7-8,13,17,19H,3,6,9-12,14H2,1-2H3,(H2,28,37)(H,30,38)(H2,29,31,32,33)/t17-,19-/m1/s1. The second-order valence-corrected chi connectivity index (χ2v) is 10.9. The summed E-state index contributed by atoms with van der Waals surface area (Å²) < 4.78 is 5.84. The van der Waals surface area contributed by atoms with Gasteiger partial charge >= 0.3 is 5.97 Å². The van der Waals surface area contributed by atoms with Crippen molar-refractivity contribution in [2.24, 2.45) is 11.1 Å². The Morgan fingerprint density at radius 1 is 1.21 bits per heavy atom. The quantitative estimate of drug-likeness (QED) is 0.161. The van der Waals surface area contributed by atoms with Gasteiger partial charge in [-0.15, -0.1) is 0 Å². The van der Waals surface area contributed by atoms with Gasteiger partial charge in [0, 0.05) is 37.8 Å². The average molecular weight is 602 g/mol. The Morgan fingerprint density at radius 3 is 2.62 bits per heavy atom. The van der Waals surface area contributed by atoms with E-state index >= 15 is 0 Å². The van der Waals surface area contributed by atoms with Gasteiger partial charge in [0.25, 0.3) is 0 Å². The van der Waals surface area contributed by atoms with E-state index in [9.17, 15) is 19.2 Å². The second kappa shape index (κ2) is 12.0. The van der Waals surface area contributed by atoms with E-state index in [-0.39, 0.29) is 18.0 Å². The Kier molecular flexibility index (Phi) is 8.68. The molecule has 4 rings (SSSR count). The van der Waals surface area contributed by atoms with Gasteiger partial charge in [0.05, 0.1) is 11.0 Å². The van der Waals surface area contributed by atoms with Gasteiger partial charge in [-0.05, 0) is 60.3 Å². The second-order valence-electron chi connectivity index (χ2n) is 10.1. The third kappa shape index (κ3) is 6.83. The van der Waals surface area contributed by atoms with Crippen LogP contribution < -0.4 is 21.7 Å². The molecule has 1 aromatic carbocycles. The molecule has 0 aliphatic carbocycles. The summed E-state index contributed by atoms with van der Waals surface area (Å²) in [6.07, 6.45) is 3.60. The number of nitrogens with zero attached hydrogens (tertiary/aromatic N) is 3. The number of ether oxygens (including phenoxy) is 1. The number of amides is 3. The molecule has 3 amide bonds. The lowest BCUT2D eigenvalue weighted by Crippen LogP contribution is -2.46. The van der Waals surface area contributed by atoms with Crippen molar-refractivity contribution in [1.82, 2.24) is 20.2 Å². The number of hydrogen-bond acceptors (Lipinski definition) is 9. The Morgan fingerprint density at radius 2 is 1.95 bits per heavy atom. The highest BCUT2D eigenvalue weighted by Crippen LogP contribution is 2.29. The van der Waals surface area contributed by atoms with Gasteiger partial charge in [0.15, 0.2) is 0 Å². The van der Waals surface area contributed by atoms with E-state index in [4.69, 9.17) is 10.5 Å². The van der Waals surface area contributed by atoms with Crippen molar-refractivity contribution < 1.29 is 23.9 Å². The van der Waals surface area contributed by atoms with Crippen molar-refractivity contribution in [3.63, 3.8) is 0 Å². The van der Waals surface area contributed by atoms with Crippen molar-refractivity contribution in [2.45, 2.75) is 51.7 Å². The number of morpholine rings is 1. The van der Waals surface area contributed by atoms with Crippen molar-refractivity contribution in [3.8, 4) is 0 Å². The predicted octanol–water partition coefficient (Wildman–Crippen LogP) is 1.87. The Bertz CT molecular complexity index is 1250. The predicted molar refractivity (Wildman–Crippen MR) is 147 cm³/mol. The van der Waals surface area contributed by atoms with Crippen LogP contribution in [-0.4, -0.2) is 70.3 Å². The Hall–Kier alpha value is -3.74. The number of fused-ring (bicyclic) bond motifs is 2. The number of benzene rings is 1. The summed E-state index contributed by atoms with van der Waals surface area (Å²) in [6, 6.07) is 7.24. The van der Waals surface area contributed by atoms with Gasteiger partial charge in [-0.3, -0.25) is 14.4 Å². The topological polar surface area (TPSA) is 169 Å². The zero-order chi connectivity index (χ0) is 28.2. The third-order valence-corrected chi connectivity index (χ3v) is 7.42. The highest BCUT2D eigenvalue weighted by atomic mass is 79.9. The van der Waals surface area contributed by atoms with Crippen molar-refractivity contribution in [1.29, 1.82) is 0 Å². The number of aromatic nitrogens is 2. The van der Waals surface area contributed by atoms with Crippen LogP contribution in [0.5, 0.6) is 0 Å². The molecule has 2 atom stereocenters. The van der Waals surface area contributed by atoms with E-state index in [1.165, 1.54) is 13.8 Å². The number of nitrogens with one attached hydrogen (secondary N) is 3. The zero-order valence-electron chi connectivity index (χ0n) is 21.8. The van der Waals surface area contributed by atoms with Crippen molar-refractivity contribution in [2.75, 3.05) is 30.3 Å². The highest BCUT2D eigenvalue weighted by Gasteiger charge is 2.48. The van der Waals surface area contributed by atoms with E-state index in [1.807, 2.05) is 24.3 Å². The third-order valence-electron chi connectivity index (χ3n) is 6.83. The number of aryl methyl sites for hydroxylation is 1. The molecule has 5 N–H and O–H groups in total. The first-order chi connectivity index (χ1) is 18.5. The normalized spacial score (nSPS) is 18.0. The maximum Gasteiger partial charge on any atom is 0.329 e. The molecule has 2 aliphatic rings. The van der Waals surface area contributed by atoms with Gasteiger partial charge in [-0.1, -0.05) is 12.1 Å². The molecule has 12 nitrogen and oxygen atoms in total. The molecule has 2 saturated heterocycles. The van der Waals surface area contributed by atoms with Crippen LogP contribution in [0.1, 0.15) is 38.7 Å². The van der Waals surface area contributed by atoms with Crippen LogP contribution in [0.3, 0.4) is 0 Å². The fraction of sp³-hybridized carbons (Fsp3) is 0.462. The van der Waals surface area contributed by atoms with Gasteiger partial charge < -0.3 is 31.3 Å². The van der Waals surface area contributed by atoms with Gasteiger partial charge in [-0.25, -0.2) is 9.78 Å². The maximum atomic E-state index is 12.6. The summed E-state index contributed by atoms with van der Waals surface area (Å²) in [5.74, 6) is -0.416. The van der Waals surface area contributed by atoms with Crippen LogP contribution in [-0.2, 0) is 30.3 Å². The molecule has 2 bridgehead atoms. The van der Waals surface area contributed by atoms with Gasteiger partial charge in [0.1, 0.15) is 23.4 Å². The summed E-state index contributed by atoms with van der Waals surface area (Å²) in [5, 5.41) is 9.08.